The summed E-state index contributed by atoms with van der Waals surface area (Å²) >= 11 is 3.19. The molecule has 0 aliphatic carbocycles. The van der Waals surface area contributed by atoms with Crippen LogP contribution < -0.4 is 10.6 Å². The van der Waals surface area contributed by atoms with Gasteiger partial charge in [-0.3, -0.25) is 4.79 Å². The van der Waals surface area contributed by atoms with Gasteiger partial charge < -0.3 is 19.8 Å². The topological polar surface area (TPSA) is 102 Å². The van der Waals surface area contributed by atoms with E-state index in [1.807, 2.05) is 18.3 Å². The van der Waals surface area contributed by atoms with E-state index in [1.165, 1.54) is 0 Å². The standard InChI is InChI=1S/C21H27N5O3S2/c1-5-28-18(27)11-22-8-14-6-7-16(23-9-14)26-20-25-12-19(31-20)30-13-17-24-10-15(29-17)21(2,3)4/h6-7,9-10,12,22H,5,8,11,13H2,1-4H3,(H,23,25,26). The number of nitrogens with one attached hydrogen (secondary N) is 2. The van der Waals surface area contributed by atoms with E-state index >= 15 is 0 Å². The van der Waals surface area contributed by atoms with Crippen LogP contribution in [-0.2, 0) is 27.2 Å². The lowest BCUT2D eigenvalue weighted by Crippen LogP contribution is -2.24. The molecule has 3 aromatic heterocycles. The number of thioether (sulfide) groups is 1. The molecule has 3 aromatic rings. The van der Waals surface area contributed by atoms with Gasteiger partial charge in [-0.05, 0) is 18.6 Å². The van der Waals surface area contributed by atoms with Gasteiger partial charge in [-0.1, -0.05) is 38.2 Å². The third-order valence-corrected chi connectivity index (χ3v) is 6.17. The first-order chi connectivity index (χ1) is 14.8. The fraction of sp³-hybridized carbons (Fsp3) is 0.429. The van der Waals surface area contributed by atoms with E-state index < -0.39 is 0 Å². The highest BCUT2D eigenvalue weighted by molar-refractivity contribution is 8.00. The second-order valence-corrected chi connectivity index (χ2v) is 10.0. The first-order valence-electron chi connectivity index (χ1n) is 9.95. The van der Waals surface area contributed by atoms with Crippen molar-refractivity contribution in [3.05, 3.63) is 47.9 Å². The largest absolute Gasteiger partial charge is 0.465 e. The second kappa shape index (κ2) is 10.7. The summed E-state index contributed by atoms with van der Waals surface area (Å²) < 4.78 is 11.8. The predicted octanol–water partition coefficient (Wildman–Crippen LogP) is 4.51. The molecule has 0 amide bonds. The van der Waals surface area contributed by atoms with E-state index in [2.05, 4.69) is 46.4 Å². The molecular weight excluding hydrogens is 434 g/mol. The van der Waals surface area contributed by atoms with E-state index in [4.69, 9.17) is 9.15 Å². The number of rotatable bonds is 10. The summed E-state index contributed by atoms with van der Waals surface area (Å²) in [4.78, 5) is 24.5. The first kappa shape index (κ1) is 23.2. The van der Waals surface area contributed by atoms with Crippen molar-refractivity contribution in [3.63, 3.8) is 0 Å². The third kappa shape index (κ3) is 7.34. The highest BCUT2D eigenvalue weighted by Gasteiger charge is 2.19. The molecule has 0 atom stereocenters. The number of thiazole rings is 1. The van der Waals surface area contributed by atoms with Crippen molar-refractivity contribution in [2.45, 2.75) is 49.6 Å². The van der Waals surface area contributed by atoms with Gasteiger partial charge in [-0.25, -0.2) is 15.0 Å². The van der Waals surface area contributed by atoms with Crippen molar-refractivity contribution in [2.75, 3.05) is 18.5 Å². The zero-order valence-corrected chi connectivity index (χ0v) is 19.7. The average Bonchev–Trinajstić information content (AvgIpc) is 3.37. The van der Waals surface area contributed by atoms with Gasteiger partial charge in [-0.2, -0.15) is 0 Å². The highest BCUT2D eigenvalue weighted by atomic mass is 32.2. The Morgan fingerprint density at radius 2 is 2.03 bits per heavy atom. The normalized spacial score (nSPS) is 11.5. The van der Waals surface area contributed by atoms with Gasteiger partial charge in [0.05, 0.1) is 35.5 Å². The lowest BCUT2D eigenvalue weighted by atomic mass is 9.94. The van der Waals surface area contributed by atoms with Crippen LogP contribution in [0.25, 0.3) is 0 Å². The molecule has 166 valence electrons. The summed E-state index contributed by atoms with van der Waals surface area (Å²) in [5, 5.41) is 7.02. The summed E-state index contributed by atoms with van der Waals surface area (Å²) in [5.41, 5.74) is 0.933. The molecule has 3 rings (SSSR count). The third-order valence-electron chi connectivity index (χ3n) is 4.08. The SMILES string of the molecule is CCOC(=O)CNCc1ccc(Nc2ncc(SCc3ncc(C(C)(C)C)o3)s2)nc1. The van der Waals surface area contributed by atoms with Gasteiger partial charge in [0.25, 0.3) is 0 Å². The van der Waals surface area contributed by atoms with Crippen LogP contribution >= 0.6 is 23.1 Å². The van der Waals surface area contributed by atoms with Gasteiger partial charge in [0.15, 0.2) is 5.13 Å². The molecule has 10 heteroatoms. The van der Waals surface area contributed by atoms with Crippen molar-refractivity contribution >= 4 is 40.0 Å². The quantitative estimate of drug-likeness (QED) is 0.333. The van der Waals surface area contributed by atoms with Gasteiger partial charge in [0, 0.05) is 18.2 Å². The number of oxazole rings is 1. The van der Waals surface area contributed by atoms with Crippen LogP contribution in [0.4, 0.5) is 10.9 Å². The number of carbonyl (C=O) groups is 1. The Hall–Kier alpha value is -2.43. The van der Waals surface area contributed by atoms with Crippen LogP contribution in [0.15, 0.2) is 39.3 Å². The molecule has 3 heterocycles. The van der Waals surface area contributed by atoms with Crippen LogP contribution in [0, 0.1) is 0 Å². The molecule has 0 bridgehead atoms. The van der Waals surface area contributed by atoms with Crippen molar-refractivity contribution in [1.82, 2.24) is 20.3 Å². The fourth-order valence-electron chi connectivity index (χ4n) is 2.47. The lowest BCUT2D eigenvalue weighted by molar-refractivity contribution is -0.142. The Morgan fingerprint density at radius 3 is 2.71 bits per heavy atom. The maximum atomic E-state index is 11.3. The molecule has 0 aliphatic rings. The van der Waals surface area contributed by atoms with Crippen molar-refractivity contribution in [1.29, 1.82) is 0 Å². The van der Waals surface area contributed by atoms with Crippen LogP contribution in [0.2, 0.25) is 0 Å². The average molecular weight is 462 g/mol. The molecule has 0 unspecified atom stereocenters. The van der Waals surface area contributed by atoms with E-state index in [0.717, 1.165) is 20.7 Å². The summed E-state index contributed by atoms with van der Waals surface area (Å²) in [5.74, 6) is 2.71. The van der Waals surface area contributed by atoms with Gasteiger partial charge in [-0.15, -0.1) is 11.8 Å². The molecule has 0 spiro atoms. The van der Waals surface area contributed by atoms with Crippen LogP contribution in [0.5, 0.6) is 0 Å². The molecular formula is C21H27N5O3S2. The number of pyridine rings is 1. The fourth-order valence-corrected chi connectivity index (χ4v) is 4.21. The number of hydrogen-bond donors (Lipinski definition) is 2. The molecule has 8 nitrogen and oxygen atoms in total. The number of nitrogens with zero attached hydrogens (tertiary/aromatic N) is 3. The van der Waals surface area contributed by atoms with Crippen LogP contribution in [0.1, 0.15) is 44.9 Å². The monoisotopic (exact) mass is 461 g/mol. The minimum absolute atomic E-state index is 0.0446. The van der Waals surface area contributed by atoms with Crippen LogP contribution in [0.3, 0.4) is 0 Å². The molecule has 0 saturated heterocycles. The van der Waals surface area contributed by atoms with Crippen molar-refractivity contribution in [3.8, 4) is 0 Å². The number of anilines is 2. The minimum atomic E-state index is -0.260. The zero-order valence-electron chi connectivity index (χ0n) is 18.1. The highest BCUT2D eigenvalue weighted by Crippen LogP contribution is 2.32. The number of esters is 1. The van der Waals surface area contributed by atoms with E-state index in [-0.39, 0.29) is 17.9 Å². The molecule has 0 saturated carbocycles. The Balaban J connectivity index is 1.46. The number of ether oxygens (including phenoxy) is 1. The maximum Gasteiger partial charge on any atom is 0.319 e. The zero-order chi connectivity index (χ0) is 22.3. The van der Waals surface area contributed by atoms with Gasteiger partial charge in [0.1, 0.15) is 11.6 Å². The van der Waals surface area contributed by atoms with Gasteiger partial charge in [0.2, 0.25) is 5.89 Å². The van der Waals surface area contributed by atoms with Crippen molar-refractivity contribution in [2.24, 2.45) is 0 Å². The molecule has 0 aromatic carbocycles. The Bertz CT molecular complexity index is 980. The number of hydrogen-bond acceptors (Lipinski definition) is 10. The molecule has 2 N–H and O–H groups in total. The van der Waals surface area contributed by atoms with Gasteiger partial charge >= 0.3 is 5.97 Å². The van der Waals surface area contributed by atoms with E-state index in [1.54, 1.807) is 42.4 Å². The smallest absolute Gasteiger partial charge is 0.319 e. The molecule has 0 radical (unpaired) electrons. The summed E-state index contributed by atoms with van der Waals surface area (Å²) in [6.45, 7) is 9.21. The molecule has 31 heavy (non-hydrogen) atoms. The summed E-state index contributed by atoms with van der Waals surface area (Å²) in [6.07, 6.45) is 5.40. The molecule has 0 aliphatic heterocycles. The van der Waals surface area contributed by atoms with Crippen molar-refractivity contribution < 1.29 is 13.9 Å². The van der Waals surface area contributed by atoms with E-state index in [9.17, 15) is 4.79 Å². The van der Waals surface area contributed by atoms with E-state index in [0.29, 0.717) is 30.6 Å². The first-order valence-corrected chi connectivity index (χ1v) is 11.8. The Morgan fingerprint density at radius 1 is 1.19 bits per heavy atom. The Kier molecular flexibility index (Phi) is 8.05. The lowest BCUT2D eigenvalue weighted by Gasteiger charge is -2.12. The predicted molar refractivity (Wildman–Crippen MR) is 123 cm³/mol. The Labute approximate surface area is 190 Å². The maximum absolute atomic E-state index is 11.3. The summed E-state index contributed by atoms with van der Waals surface area (Å²) in [6, 6.07) is 3.84. The van der Waals surface area contributed by atoms with Crippen LogP contribution in [-0.4, -0.2) is 34.1 Å². The second-order valence-electron chi connectivity index (χ2n) is 7.73. The minimum Gasteiger partial charge on any atom is -0.465 e. The number of carbonyl (C=O) groups excluding carboxylic acids is 1. The number of aromatic nitrogens is 3. The summed E-state index contributed by atoms with van der Waals surface area (Å²) in [7, 11) is 0. The molecule has 0 fully saturated rings.